The van der Waals surface area contributed by atoms with Gasteiger partial charge in [-0.05, 0) is 12.3 Å². The molecule has 2 aliphatic rings. The summed E-state index contributed by atoms with van der Waals surface area (Å²) >= 11 is 0. The van der Waals surface area contributed by atoms with Gasteiger partial charge in [0.15, 0.2) is 0 Å². The standard InChI is InChI=1S/C14H28N2O2/c1-13(2)9-15-4-6-16(7-5-15)10-14(11-17)3-8-18-12-14/h13,17H,3-12H2,1-2H3. The van der Waals surface area contributed by atoms with E-state index in [1.807, 2.05) is 0 Å². The van der Waals surface area contributed by atoms with Crippen LogP contribution in [0.1, 0.15) is 20.3 Å². The van der Waals surface area contributed by atoms with Crippen molar-refractivity contribution in [1.82, 2.24) is 9.80 Å². The molecule has 0 amide bonds. The third-order valence-corrected chi connectivity index (χ3v) is 4.17. The molecule has 2 saturated heterocycles. The molecule has 2 rings (SSSR count). The minimum absolute atomic E-state index is 0.0141. The molecule has 1 N–H and O–H groups in total. The van der Waals surface area contributed by atoms with Crippen molar-refractivity contribution in [3.63, 3.8) is 0 Å². The van der Waals surface area contributed by atoms with Crippen LogP contribution in [0.4, 0.5) is 0 Å². The predicted octanol–water partition coefficient (Wildman–Crippen LogP) is 0.659. The van der Waals surface area contributed by atoms with E-state index in [1.54, 1.807) is 0 Å². The van der Waals surface area contributed by atoms with Gasteiger partial charge in [-0.2, -0.15) is 0 Å². The summed E-state index contributed by atoms with van der Waals surface area (Å²) in [5.74, 6) is 0.753. The fraction of sp³-hybridized carbons (Fsp3) is 1.00. The summed E-state index contributed by atoms with van der Waals surface area (Å²) < 4.78 is 5.47. The van der Waals surface area contributed by atoms with Gasteiger partial charge in [-0.3, -0.25) is 0 Å². The lowest BCUT2D eigenvalue weighted by Crippen LogP contribution is -2.51. The van der Waals surface area contributed by atoms with Crippen LogP contribution in [-0.4, -0.2) is 74.0 Å². The molecule has 2 aliphatic heterocycles. The summed E-state index contributed by atoms with van der Waals surface area (Å²) in [7, 11) is 0. The van der Waals surface area contributed by atoms with Crippen molar-refractivity contribution in [3.05, 3.63) is 0 Å². The fourth-order valence-electron chi connectivity index (χ4n) is 3.07. The topological polar surface area (TPSA) is 35.9 Å². The van der Waals surface area contributed by atoms with Crippen LogP contribution >= 0.6 is 0 Å². The minimum atomic E-state index is 0.0141. The molecule has 1 atom stereocenters. The van der Waals surface area contributed by atoms with E-state index in [-0.39, 0.29) is 12.0 Å². The maximum absolute atomic E-state index is 9.60. The van der Waals surface area contributed by atoms with Gasteiger partial charge in [0.2, 0.25) is 0 Å². The molecule has 0 radical (unpaired) electrons. The van der Waals surface area contributed by atoms with E-state index in [4.69, 9.17) is 4.74 Å². The van der Waals surface area contributed by atoms with E-state index in [0.717, 1.165) is 45.2 Å². The second-order valence-electron chi connectivity index (χ2n) is 6.43. The first kappa shape index (κ1) is 14.3. The van der Waals surface area contributed by atoms with Crippen molar-refractivity contribution in [1.29, 1.82) is 0 Å². The number of piperazine rings is 1. The molecule has 1 unspecified atom stereocenters. The van der Waals surface area contributed by atoms with E-state index >= 15 is 0 Å². The third kappa shape index (κ3) is 3.67. The predicted molar refractivity (Wildman–Crippen MR) is 72.7 cm³/mol. The number of ether oxygens (including phenoxy) is 1. The van der Waals surface area contributed by atoms with E-state index in [2.05, 4.69) is 23.6 Å². The van der Waals surface area contributed by atoms with Gasteiger partial charge in [0, 0.05) is 51.3 Å². The lowest BCUT2D eigenvalue weighted by atomic mass is 9.87. The zero-order chi connectivity index (χ0) is 13.0. The lowest BCUT2D eigenvalue weighted by Gasteiger charge is -2.39. The van der Waals surface area contributed by atoms with Crippen LogP contribution in [0.15, 0.2) is 0 Å². The van der Waals surface area contributed by atoms with Crippen LogP contribution in [0, 0.1) is 11.3 Å². The van der Waals surface area contributed by atoms with Gasteiger partial charge in [-0.25, -0.2) is 0 Å². The second kappa shape index (κ2) is 6.33. The van der Waals surface area contributed by atoms with Crippen LogP contribution in [0.3, 0.4) is 0 Å². The van der Waals surface area contributed by atoms with Gasteiger partial charge in [0.1, 0.15) is 0 Å². The van der Waals surface area contributed by atoms with Crippen molar-refractivity contribution in [2.24, 2.45) is 11.3 Å². The zero-order valence-electron chi connectivity index (χ0n) is 11.9. The Morgan fingerprint density at radius 2 is 1.83 bits per heavy atom. The van der Waals surface area contributed by atoms with Crippen molar-refractivity contribution in [3.8, 4) is 0 Å². The summed E-state index contributed by atoms with van der Waals surface area (Å²) in [6.07, 6.45) is 1.01. The molecule has 2 heterocycles. The molecule has 0 saturated carbocycles. The van der Waals surface area contributed by atoms with Crippen molar-refractivity contribution >= 4 is 0 Å². The monoisotopic (exact) mass is 256 g/mol. The average Bonchev–Trinajstić information content (AvgIpc) is 2.80. The summed E-state index contributed by atoms with van der Waals surface area (Å²) in [6, 6.07) is 0. The number of hydrogen-bond acceptors (Lipinski definition) is 4. The quantitative estimate of drug-likeness (QED) is 0.784. The van der Waals surface area contributed by atoms with Crippen LogP contribution in [-0.2, 0) is 4.74 Å². The maximum atomic E-state index is 9.60. The highest BCUT2D eigenvalue weighted by molar-refractivity contribution is 4.87. The molecule has 0 bridgehead atoms. The summed E-state index contributed by atoms with van der Waals surface area (Å²) in [5, 5.41) is 9.60. The minimum Gasteiger partial charge on any atom is -0.396 e. The number of aliphatic hydroxyl groups is 1. The Hall–Kier alpha value is -0.160. The molecule has 0 aromatic heterocycles. The Bertz CT molecular complexity index is 244. The molecular formula is C14H28N2O2. The van der Waals surface area contributed by atoms with E-state index in [0.29, 0.717) is 0 Å². The highest BCUT2D eigenvalue weighted by atomic mass is 16.5. The second-order valence-corrected chi connectivity index (χ2v) is 6.43. The third-order valence-electron chi connectivity index (χ3n) is 4.17. The van der Waals surface area contributed by atoms with Gasteiger partial charge in [-0.15, -0.1) is 0 Å². The van der Waals surface area contributed by atoms with Gasteiger partial charge in [-0.1, -0.05) is 13.8 Å². The van der Waals surface area contributed by atoms with Crippen LogP contribution in [0.5, 0.6) is 0 Å². The first-order chi connectivity index (χ1) is 8.63. The Morgan fingerprint density at radius 1 is 1.17 bits per heavy atom. The fourth-order valence-corrected chi connectivity index (χ4v) is 3.07. The summed E-state index contributed by atoms with van der Waals surface area (Å²) in [5.41, 5.74) is 0.0141. The van der Waals surface area contributed by atoms with Crippen LogP contribution in [0.2, 0.25) is 0 Å². The highest BCUT2D eigenvalue weighted by Crippen LogP contribution is 2.29. The molecule has 18 heavy (non-hydrogen) atoms. The number of aliphatic hydroxyl groups excluding tert-OH is 1. The van der Waals surface area contributed by atoms with Crippen molar-refractivity contribution < 1.29 is 9.84 Å². The lowest BCUT2D eigenvalue weighted by molar-refractivity contribution is 0.0345. The molecule has 0 aromatic carbocycles. The maximum Gasteiger partial charge on any atom is 0.0557 e. The van der Waals surface area contributed by atoms with Crippen LogP contribution in [0.25, 0.3) is 0 Å². The Morgan fingerprint density at radius 3 is 2.33 bits per heavy atom. The molecule has 4 nitrogen and oxygen atoms in total. The largest absolute Gasteiger partial charge is 0.396 e. The van der Waals surface area contributed by atoms with E-state index < -0.39 is 0 Å². The smallest absolute Gasteiger partial charge is 0.0557 e. The number of rotatable bonds is 5. The molecule has 0 spiro atoms. The molecule has 0 aromatic rings. The number of nitrogens with zero attached hydrogens (tertiary/aromatic N) is 2. The van der Waals surface area contributed by atoms with Gasteiger partial charge < -0.3 is 19.6 Å². The Balaban J connectivity index is 1.76. The molecule has 0 aliphatic carbocycles. The van der Waals surface area contributed by atoms with Crippen LogP contribution < -0.4 is 0 Å². The number of hydrogen-bond donors (Lipinski definition) is 1. The molecule has 106 valence electrons. The molecular weight excluding hydrogens is 228 g/mol. The van der Waals surface area contributed by atoms with Crippen molar-refractivity contribution in [2.75, 3.05) is 59.1 Å². The highest BCUT2D eigenvalue weighted by Gasteiger charge is 2.36. The SMILES string of the molecule is CC(C)CN1CCN(CC2(CO)CCOC2)CC1. The van der Waals surface area contributed by atoms with E-state index in [1.165, 1.54) is 19.6 Å². The molecule has 2 fully saturated rings. The first-order valence-electron chi connectivity index (χ1n) is 7.27. The first-order valence-corrected chi connectivity index (χ1v) is 7.27. The van der Waals surface area contributed by atoms with Crippen molar-refractivity contribution in [2.45, 2.75) is 20.3 Å². The van der Waals surface area contributed by atoms with Gasteiger partial charge in [0.05, 0.1) is 13.2 Å². The summed E-state index contributed by atoms with van der Waals surface area (Å²) in [6.45, 7) is 13.2. The van der Waals surface area contributed by atoms with Gasteiger partial charge in [0.25, 0.3) is 0 Å². The van der Waals surface area contributed by atoms with E-state index in [9.17, 15) is 5.11 Å². The summed E-state index contributed by atoms with van der Waals surface area (Å²) in [4.78, 5) is 5.06. The Kier molecular flexibility index (Phi) is 5.01. The van der Waals surface area contributed by atoms with Gasteiger partial charge >= 0.3 is 0 Å². The normalized spacial score (nSPS) is 31.3. The molecule has 4 heteroatoms. The Labute approximate surface area is 111 Å². The average molecular weight is 256 g/mol. The zero-order valence-corrected chi connectivity index (χ0v) is 11.9.